The van der Waals surface area contributed by atoms with Crippen LogP contribution in [0.2, 0.25) is 0 Å². The molecule has 1 atom stereocenters. The number of carboxylic acid groups (broad SMARTS) is 1. The van der Waals surface area contributed by atoms with E-state index in [1.807, 2.05) is 0 Å². The van der Waals surface area contributed by atoms with E-state index in [4.69, 9.17) is 5.11 Å². The maximum atomic E-state index is 12.3. The largest absolute Gasteiger partial charge is 0.481 e. The summed E-state index contributed by atoms with van der Waals surface area (Å²) < 4.78 is 37.9. The molecule has 1 N–H and O–H groups in total. The molecule has 0 unspecified atom stereocenters. The third-order valence-electron chi connectivity index (χ3n) is 2.33. The van der Waals surface area contributed by atoms with Crippen molar-refractivity contribution in [1.29, 1.82) is 0 Å². The molecule has 1 aromatic rings. The number of alkyl halides is 3. The molecule has 1 aromatic carbocycles. The molecule has 0 bridgehead atoms. The monoisotopic (exact) mass is 310 g/mol. The van der Waals surface area contributed by atoms with Crippen molar-refractivity contribution in [2.24, 2.45) is 5.92 Å². The summed E-state index contributed by atoms with van der Waals surface area (Å²) in [5, 5.41) is 8.50. The summed E-state index contributed by atoms with van der Waals surface area (Å²) >= 11 is 3.21. The summed E-state index contributed by atoms with van der Waals surface area (Å²) in [6, 6.07) is 6.75. The number of carbonyl (C=O) groups is 1. The van der Waals surface area contributed by atoms with E-state index in [0.717, 1.165) is 4.47 Å². The molecule has 1 rings (SSSR count). The zero-order valence-corrected chi connectivity index (χ0v) is 10.3. The Labute approximate surface area is 105 Å². The lowest BCUT2D eigenvalue weighted by Crippen LogP contribution is -2.30. The van der Waals surface area contributed by atoms with Gasteiger partial charge in [-0.3, -0.25) is 4.79 Å². The van der Waals surface area contributed by atoms with Crippen LogP contribution in [0, 0.1) is 5.92 Å². The summed E-state index contributed by atoms with van der Waals surface area (Å²) in [7, 11) is 0. The van der Waals surface area contributed by atoms with Crippen LogP contribution in [-0.4, -0.2) is 17.3 Å². The second-order valence-electron chi connectivity index (χ2n) is 3.60. The van der Waals surface area contributed by atoms with Gasteiger partial charge in [0, 0.05) is 4.47 Å². The molecule has 2 nitrogen and oxygen atoms in total. The predicted molar refractivity (Wildman–Crippen MR) is 59.6 cm³/mol. The quantitative estimate of drug-likeness (QED) is 0.921. The van der Waals surface area contributed by atoms with Crippen molar-refractivity contribution in [3.63, 3.8) is 0 Å². The third kappa shape index (κ3) is 4.38. The SMILES string of the molecule is O=C(O)[C@H](CCc1ccc(Br)cc1)C(F)(F)F. The average molecular weight is 311 g/mol. The molecule has 6 heteroatoms. The molecule has 0 amide bonds. The number of halogens is 4. The molecule has 0 aliphatic rings. The minimum absolute atomic E-state index is 0.0871. The molecule has 0 saturated carbocycles. The van der Waals surface area contributed by atoms with E-state index in [0.29, 0.717) is 5.56 Å². The molecule has 0 saturated heterocycles. The highest BCUT2D eigenvalue weighted by Gasteiger charge is 2.44. The van der Waals surface area contributed by atoms with Gasteiger partial charge in [0.25, 0.3) is 0 Å². The van der Waals surface area contributed by atoms with Crippen LogP contribution in [0.1, 0.15) is 12.0 Å². The number of rotatable bonds is 4. The Morgan fingerprint density at radius 2 is 1.82 bits per heavy atom. The number of aryl methyl sites for hydroxylation is 1. The summed E-state index contributed by atoms with van der Waals surface area (Å²) in [5.41, 5.74) is 0.684. The maximum Gasteiger partial charge on any atom is 0.402 e. The number of hydrogen-bond acceptors (Lipinski definition) is 1. The van der Waals surface area contributed by atoms with Gasteiger partial charge in [0.15, 0.2) is 5.92 Å². The van der Waals surface area contributed by atoms with Crippen molar-refractivity contribution in [2.45, 2.75) is 19.0 Å². The summed E-state index contributed by atoms with van der Waals surface area (Å²) in [6.07, 6.45) is -5.05. The first-order valence-corrected chi connectivity index (χ1v) is 5.64. The standard InChI is InChI=1S/C11H10BrF3O2/c12-8-4-1-7(2-5-8)3-6-9(10(16)17)11(13,14)15/h1-2,4-5,9H,3,6H2,(H,16,17)/t9-/m0/s1. The maximum absolute atomic E-state index is 12.3. The third-order valence-corrected chi connectivity index (χ3v) is 2.86. The van der Waals surface area contributed by atoms with Gasteiger partial charge in [-0.1, -0.05) is 28.1 Å². The zero-order valence-electron chi connectivity index (χ0n) is 8.67. The summed E-state index contributed by atoms with van der Waals surface area (Å²) in [5.74, 6) is -4.12. The number of carboxylic acids is 1. The fourth-order valence-corrected chi connectivity index (χ4v) is 1.65. The van der Waals surface area contributed by atoms with Crippen LogP contribution in [0.3, 0.4) is 0 Å². The van der Waals surface area contributed by atoms with Gasteiger partial charge in [0.05, 0.1) is 0 Å². The predicted octanol–water partition coefficient (Wildman–Crippen LogP) is 3.64. The Hall–Kier alpha value is -1.04. The Bertz CT molecular complexity index is 387. The molecular formula is C11H10BrF3O2. The fraction of sp³-hybridized carbons (Fsp3) is 0.364. The molecule has 0 fully saturated rings. The van der Waals surface area contributed by atoms with Crippen LogP contribution in [-0.2, 0) is 11.2 Å². The molecule has 0 aliphatic heterocycles. The van der Waals surface area contributed by atoms with Crippen molar-refractivity contribution in [2.75, 3.05) is 0 Å². The number of benzene rings is 1. The van der Waals surface area contributed by atoms with Crippen LogP contribution in [0.5, 0.6) is 0 Å². The van der Waals surface area contributed by atoms with Crippen LogP contribution < -0.4 is 0 Å². The van der Waals surface area contributed by atoms with Crippen molar-refractivity contribution in [1.82, 2.24) is 0 Å². The molecule has 94 valence electrons. The van der Waals surface area contributed by atoms with Gasteiger partial charge in [-0.25, -0.2) is 0 Å². The zero-order chi connectivity index (χ0) is 13.1. The van der Waals surface area contributed by atoms with Gasteiger partial charge in [-0.05, 0) is 30.5 Å². The number of aliphatic carboxylic acids is 1. The lowest BCUT2D eigenvalue weighted by atomic mass is 9.99. The first-order valence-electron chi connectivity index (χ1n) is 4.84. The lowest BCUT2D eigenvalue weighted by Gasteiger charge is -2.15. The topological polar surface area (TPSA) is 37.3 Å². The minimum Gasteiger partial charge on any atom is -0.481 e. The second kappa shape index (κ2) is 5.53. The van der Waals surface area contributed by atoms with E-state index >= 15 is 0 Å². The first-order chi connectivity index (χ1) is 7.80. The van der Waals surface area contributed by atoms with Crippen LogP contribution in [0.25, 0.3) is 0 Å². The summed E-state index contributed by atoms with van der Waals surface area (Å²) in [4.78, 5) is 10.5. The van der Waals surface area contributed by atoms with E-state index in [2.05, 4.69) is 15.9 Å². The molecule has 17 heavy (non-hydrogen) atoms. The van der Waals surface area contributed by atoms with Gasteiger partial charge in [0.2, 0.25) is 0 Å². The molecule has 0 aromatic heterocycles. The smallest absolute Gasteiger partial charge is 0.402 e. The molecule has 0 spiro atoms. The average Bonchev–Trinajstić information content (AvgIpc) is 2.18. The normalized spacial score (nSPS) is 13.4. The van der Waals surface area contributed by atoms with Crippen molar-refractivity contribution in [3.05, 3.63) is 34.3 Å². The molecule has 0 aliphatic carbocycles. The van der Waals surface area contributed by atoms with Crippen molar-refractivity contribution < 1.29 is 23.1 Å². The molecule has 0 radical (unpaired) electrons. The van der Waals surface area contributed by atoms with Gasteiger partial charge in [0.1, 0.15) is 0 Å². The Kier molecular flexibility index (Phi) is 4.56. The minimum atomic E-state index is -4.69. The van der Waals surface area contributed by atoms with E-state index in [9.17, 15) is 18.0 Å². The fourth-order valence-electron chi connectivity index (χ4n) is 1.39. The highest BCUT2D eigenvalue weighted by molar-refractivity contribution is 9.10. The van der Waals surface area contributed by atoms with E-state index in [1.54, 1.807) is 24.3 Å². The van der Waals surface area contributed by atoms with Crippen LogP contribution in [0.15, 0.2) is 28.7 Å². The Morgan fingerprint density at radius 3 is 2.24 bits per heavy atom. The van der Waals surface area contributed by atoms with Gasteiger partial charge in [-0.15, -0.1) is 0 Å². The number of hydrogen-bond donors (Lipinski definition) is 1. The highest BCUT2D eigenvalue weighted by atomic mass is 79.9. The van der Waals surface area contributed by atoms with Gasteiger partial charge in [-0.2, -0.15) is 13.2 Å². The van der Waals surface area contributed by atoms with Crippen molar-refractivity contribution >= 4 is 21.9 Å². The lowest BCUT2D eigenvalue weighted by molar-refractivity contribution is -0.194. The van der Waals surface area contributed by atoms with E-state index in [1.165, 1.54) is 0 Å². The molecule has 0 heterocycles. The first kappa shape index (κ1) is 14.0. The Balaban J connectivity index is 2.65. The second-order valence-corrected chi connectivity index (χ2v) is 4.51. The highest BCUT2D eigenvalue weighted by Crippen LogP contribution is 2.30. The summed E-state index contributed by atoms with van der Waals surface area (Å²) in [6.45, 7) is 0. The Morgan fingerprint density at radius 1 is 1.29 bits per heavy atom. The van der Waals surface area contributed by atoms with Gasteiger partial charge >= 0.3 is 12.1 Å². The van der Waals surface area contributed by atoms with Crippen LogP contribution in [0.4, 0.5) is 13.2 Å². The van der Waals surface area contributed by atoms with E-state index < -0.39 is 24.5 Å². The molecular weight excluding hydrogens is 301 g/mol. The van der Waals surface area contributed by atoms with Gasteiger partial charge < -0.3 is 5.11 Å². The van der Waals surface area contributed by atoms with E-state index in [-0.39, 0.29) is 6.42 Å². The van der Waals surface area contributed by atoms with Crippen LogP contribution >= 0.6 is 15.9 Å². The van der Waals surface area contributed by atoms with Crippen molar-refractivity contribution in [3.8, 4) is 0 Å².